The van der Waals surface area contributed by atoms with Gasteiger partial charge in [-0.25, -0.2) is 0 Å². The molecule has 1 aliphatic rings. The molecule has 0 aliphatic carbocycles. The summed E-state index contributed by atoms with van der Waals surface area (Å²) in [6.07, 6.45) is 1.86. The van der Waals surface area contributed by atoms with Gasteiger partial charge in [0.1, 0.15) is 6.04 Å². The van der Waals surface area contributed by atoms with Crippen LogP contribution in [0.2, 0.25) is 0 Å². The van der Waals surface area contributed by atoms with Crippen LogP contribution in [0.5, 0.6) is 0 Å². The summed E-state index contributed by atoms with van der Waals surface area (Å²) < 4.78 is 0. The van der Waals surface area contributed by atoms with Crippen molar-refractivity contribution in [2.45, 2.75) is 44.7 Å². The predicted octanol–water partition coefficient (Wildman–Crippen LogP) is -0.623. The van der Waals surface area contributed by atoms with E-state index in [1.165, 1.54) is 7.05 Å². The second kappa shape index (κ2) is 5.77. The highest BCUT2D eigenvalue weighted by Gasteiger charge is 2.36. The van der Waals surface area contributed by atoms with Crippen LogP contribution in [0.4, 0.5) is 0 Å². The number of rotatable bonds is 5. The molecule has 1 aliphatic heterocycles. The van der Waals surface area contributed by atoms with E-state index in [1.807, 2.05) is 6.92 Å². The van der Waals surface area contributed by atoms with Crippen LogP contribution in [0.25, 0.3) is 0 Å². The highest BCUT2D eigenvalue weighted by Crippen LogP contribution is 2.11. The number of hydrogen-bond acceptors (Lipinski definition) is 4. The molecule has 0 aromatic carbocycles. The van der Waals surface area contributed by atoms with Crippen molar-refractivity contribution < 1.29 is 14.4 Å². The Bertz CT molecular complexity index is 328. The van der Waals surface area contributed by atoms with Crippen LogP contribution < -0.4 is 11.1 Å². The van der Waals surface area contributed by atoms with Crippen LogP contribution in [0, 0.1) is 0 Å². The zero-order chi connectivity index (χ0) is 13.0. The van der Waals surface area contributed by atoms with Crippen LogP contribution in [0.15, 0.2) is 0 Å². The van der Waals surface area contributed by atoms with Crippen molar-refractivity contribution in [3.63, 3.8) is 0 Å². The van der Waals surface area contributed by atoms with E-state index in [0.29, 0.717) is 12.8 Å². The molecule has 0 saturated carbocycles. The molecule has 0 aromatic rings. The molecule has 6 nitrogen and oxygen atoms in total. The fourth-order valence-electron chi connectivity index (χ4n) is 1.72. The first kappa shape index (κ1) is 13.6. The van der Waals surface area contributed by atoms with E-state index in [0.717, 1.165) is 11.3 Å². The normalized spacial score (nSPS) is 21.8. The van der Waals surface area contributed by atoms with Crippen molar-refractivity contribution in [2.75, 3.05) is 7.05 Å². The van der Waals surface area contributed by atoms with Gasteiger partial charge >= 0.3 is 0 Å². The zero-order valence-corrected chi connectivity index (χ0v) is 10.2. The lowest BCUT2D eigenvalue weighted by Gasteiger charge is -2.11. The van der Waals surface area contributed by atoms with Crippen LogP contribution in [0.3, 0.4) is 0 Å². The molecule has 96 valence electrons. The van der Waals surface area contributed by atoms with Crippen molar-refractivity contribution in [3.05, 3.63) is 0 Å². The third-order valence-electron chi connectivity index (χ3n) is 2.78. The SMILES string of the molecule is CC(N)CCCC(=O)NC1CC(=O)N(C)C1=O. The van der Waals surface area contributed by atoms with Crippen LogP contribution >= 0.6 is 0 Å². The van der Waals surface area contributed by atoms with Gasteiger partial charge in [-0.05, 0) is 19.8 Å². The monoisotopic (exact) mass is 241 g/mol. The molecule has 3 N–H and O–H groups in total. The number of nitrogens with one attached hydrogen (secondary N) is 1. The molecule has 0 spiro atoms. The topological polar surface area (TPSA) is 92.5 Å². The third kappa shape index (κ3) is 3.81. The molecule has 0 bridgehead atoms. The van der Waals surface area contributed by atoms with E-state index < -0.39 is 6.04 Å². The number of likely N-dealkylation sites (N-methyl/N-ethyl adjacent to an activating group) is 1. The molecule has 1 fully saturated rings. The Hall–Kier alpha value is -1.43. The van der Waals surface area contributed by atoms with Crippen LogP contribution in [-0.2, 0) is 14.4 Å². The molecule has 1 heterocycles. The molecule has 2 unspecified atom stereocenters. The maximum Gasteiger partial charge on any atom is 0.252 e. The molecular formula is C11H19N3O3. The smallest absolute Gasteiger partial charge is 0.252 e. The molecular weight excluding hydrogens is 222 g/mol. The summed E-state index contributed by atoms with van der Waals surface area (Å²) in [5.74, 6) is -0.793. The number of nitrogens with two attached hydrogens (primary N) is 1. The fraction of sp³-hybridized carbons (Fsp3) is 0.727. The predicted molar refractivity (Wildman–Crippen MR) is 61.8 cm³/mol. The van der Waals surface area contributed by atoms with Gasteiger partial charge in [-0.15, -0.1) is 0 Å². The number of imide groups is 1. The Morgan fingerprint density at radius 3 is 2.71 bits per heavy atom. The first-order valence-electron chi connectivity index (χ1n) is 5.77. The Morgan fingerprint density at radius 1 is 1.59 bits per heavy atom. The van der Waals surface area contributed by atoms with Gasteiger partial charge in [0, 0.05) is 19.5 Å². The summed E-state index contributed by atoms with van der Waals surface area (Å²) in [6, 6.07) is -0.612. The number of hydrogen-bond donors (Lipinski definition) is 2. The Balaban J connectivity index is 2.32. The molecule has 1 rings (SSSR count). The summed E-state index contributed by atoms with van der Waals surface area (Å²) in [6.45, 7) is 1.88. The average molecular weight is 241 g/mol. The average Bonchev–Trinajstić information content (AvgIpc) is 2.46. The van der Waals surface area contributed by atoms with Gasteiger partial charge in [-0.2, -0.15) is 0 Å². The maximum absolute atomic E-state index is 11.5. The molecule has 1 saturated heterocycles. The minimum atomic E-state index is -0.685. The van der Waals surface area contributed by atoms with Gasteiger partial charge in [0.15, 0.2) is 0 Å². The van der Waals surface area contributed by atoms with Gasteiger partial charge in [-0.1, -0.05) is 0 Å². The van der Waals surface area contributed by atoms with Crippen LogP contribution in [-0.4, -0.2) is 41.8 Å². The second-order valence-electron chi connectivity index (χ2n) is 4.48. The van der Waals surface area contributed by atoms with E-state index >= 15 is 0 Å². The molecule has 0 aromatic heterocycles. The highest BCUT2D eigenvalue weighted by molar-refractivity contribution is 6.06. The molecule has 6 heteroatoms. The Labute approximate surface area is 101 Å². The summed E-state index contributed by atoms with van der Waals surface area (Å²) in [7, 11) is 1.42. The minimum Gasteiger partial charge on any atom is -0.344 e. The molecule has 0 radical (unpaired) electrons. The van der Waals surface area contributed by atoms with E-state index in [9.17, 15) is 14.4 Å². The number of likely N-dealkylation sites (tertiary alicyclic amines) is 1. The van der Waals surface area contributed by atoms with Gasteiger partial charge < -0.3 is 11.1 Å². The summed E-state index contributed by atoms with van der Waals surface area (Å²) >= 11 is 0. The van der Waals surface area contributed by atoms with Crippen molar-refractivity contribution in [1.82, 2.24) is 10.2 Å². The molecule has 17 heavy (non-hydrogen) atoms. The zero-order valence-electron chi connectivity index (χ0n) is 10.2. The van der Waals surface area contributed by atoms with Crippen LogP contribution in [0.1, 0.15) is 32.6 Å². The number of carbonyl (C=O) groups is 3. The first-order valence-corrected chi connectivity index (χ1v) is 5.77. The van der Waals surface area contributed by atoms with Gasteiger partial charge in [0.05, 0.1) is 6.42 Å². The summed E-state index contributed by atoms with van der Waals surface area (Å²) in [4.78, 5) is 35.3. The van der Waals surface area contributed by atoms with E-state index in [1.54, 1.807) is 0 Å². The minimum absolute atomic E-state index is 0.0639. The maximum atomic E-state index is 11.5. The lowest BCUT2D eigenvalue weighted by Crippen LogP contribution is -2.40. The van der Waals surface area contributed by atoms with E-state index in [4.69, 9.17) is 5.73 Å². The second-order valence-corrected chi connectivity index (χ2v) is 4.48. The van der Waals surface area contributed by atoms with Gasteiger partial charge in [0.25, 0.3) is 5.91 Å². The van der Waals surface area contributed by atoms with Gasteiger partial charge in [-0.3, -0.25) is 19.3 Å². The fourth-order valence-corrected chi connectivity index (χ4v) is 1.72. The largest absolute Gasteiger partial charge is 0.344 e. The van der Waals surface area contributed by atoms with E-state index in [-0.39, 0.29) is 30.2 Å². The van der Waals surface area contributed by atoms with Crippen molar-refractivity contribution >= 4 is 17.7 Å². The quantitative estimate of drug-likeness (QED) is 0.627. The standard InChI is InChI=1S/C11H19N3O3/c1-7(12)4-3-5-9(15)13-8-6-10(16)14(2)11(8)17/h7-8H,3-6,12H2,1-2H3,(H,13,15). The molecule has 2 atom stereocenters. The third-order valence-corrected chi connectivity index (χ3v) is 2.78. The lowest BCUT2D eigenvalue weighted by atomic mass is 10.1. The van der Waals surface area contributed by atoms with Gasteiger partial charge in [0.2, 0.25) is 11.8 Å². The summed E-state index contributed by atoms with van der Waals surface area (Å²) in [5, 5.41) is 2.57. The lowest BCUT2D eigenvalue weighted by molar-refractivity contribution is -0.138. The van der Waals surface area contributed by atoms with E-state index in [2.05, 4.69) is 5.32 Å². The molecule has 3 amide bonds. The Morgan fingerprint density at radius 2 is 2.24 bits per heavy atom. The van der Waals surface area contributed by atoms with Crippen molar-refractivity contribution in [3.8, 4) is 0 Å². The first-order chi connectivity index (χ1) is 7.91. The Kier molecular flexibility index (Phi) is 4.62. The number of carbonyl (C=O) groups excluding carboxylic acids is 3. The highest BCUT2D eigenvalue weighted by atomic mass is 16.2. The number of amides is 3. The van der Waals surface area contributed by atoms with Crippen molar-refractivity contribution in [1.29, 1.82) is 0 Å². The van der Waals surface area contributed by atoms with Crippen molar-refractivity contribution in [2.24, 2.45) is 5.73 Å². The number of nitrogens with zero attached hydrogens (tertiary/aromatic N) is 1. The summed E-state index contributed by atoms with van der Waals surface area (Å²) in [5.41, 5.74) is 5.56.